The van der Waals surface area contributed by atoms with Gasteiger partial charge in [0, 0.05) is 24.3 Å². The second kappa shape index (κ2) is 6.68. The van der Waals surface area contributed by atoms with E-state index in [9.17, 15) is 19.8 Å². The molecule has 4 fully saturated rings. The highest BCUT2D eigenvalue weighted by molar-refractivity contribution is 6.06. The number of amides is 2. The maximum absolute atomic E-state index is 13.6. The number of imide groups is 1. The maximum atomic E-state index is 13.6. The van der Waals surface area contributed by atoms with Gasteiger partial charge in [-0.3, -0.25) is 14.5 Å². The van der Waals surface area contributed by atoms with E-state index in [0.717, 1.165) is 43.0 Å². The molecule has 1 aromatic carbocycles. The number of nitrogens with zero attached hydrogens (tertiary/aromatic N) is 1. The third-order valence-corrected chi connectivity index (χ3v) is 10.8. The number of benzene rings is 1. The number of ether oxygens (including phenoxy) is 1. The summed E-state index contributed by atoms with van der Waals surface area (Å²) in [4.78, 5) is 30.2. The van der Waals surface area contributed by atoms with Gasteiger partial charge in [-0.25, -0.2) is 0 Å². The van der Waals surface area contributed by atoms with E-state index < -0.39 is 23.2 Å². The van der Waals surface area contributed by atoms with Crippen molar-refractivity contribution < 1.29 is 29.4 Å². The number of allylic oxidation sites excluding steroid dienone is 2. The highest BCUT2D eigenvalue weighted by Crippen LogP contribution is 2.64. The van der Waals surface area contributed by atoms with Crippen LogP contribution in [0.3, 0.4) is 0 Å². The molecule has 184 valence electrons. The number of nitrogens with one attached hydrogen (secondary N) is 1. The van der Waals surface area contributed by atoms with Crippen LogP contribution in [0.2, 0.25) is 0 Å². The van der Waals surface area contributed by atoms with Crippen LogP contribution in [-0.2, 0) is 21.4 Å². The number of quaternary nitrogens is 1. The van der Waals surface area contributed by atoms with Gasteiger partial charge in [-0.15, -0.1) is 0 Å². The Morgan fingerprint density at radius 3 is 2.51 bits per heavy atom. The first-order valence-electron chi connectivity index (χ1n) is 13.5. The highest BCUT2D eigenvalue weighted by Gasteiger charge is 2.76. The number of carbonyl (C=O) groups is 2. The average Bonchev–Trinajstić information content (AvgIpc) is 3.54. The van der Waals surface area contributed by atoms with E-state index in [-0.39, 0.29) is 35.4 Å². The van der Waals surface area contributed by atoms with E-state index in [1.165, 1.54) is 22.6 Å². The molecule has 3 heterocycles. The standard InChI is InChI=1S/C28H32N2O5/c31-20-8-7-16-13-21-28(34)10-9-19(30-25(32)17-3-1-2-4-18(17)26(30)33)24-27(28,22(16)23(20)35-24)11-12-29(21)14-15-5-6-15/h1-2,7-8,15,17-19,21,24,31,34H,3-6,9-14H2/p+1. The average molecular weight is 478 g/mol. The first kappa shape index (κ1) is 20.8. The molecule has 8 rings (SSSR count). The largest absolute Gasteiger partial charge is 0.504 e. The first-order valence-corrected chi connectivity index (χ1v) is 13.5. The van der Waals surface area contributed by atoms with E-state index in [4.69, 9.17) is 4.74 Å². The Morgan fingerprint density at radius 2 is 1.80 bits per heavy atom. The van der Waals surface area contributed by atoms with Crippen LogP contribution in [0.15, 0.2) is 24.3 Å². The molecule has 35 heavy (non-hydrogen) atoms. The summed E-state index contributed by atoms with van der Waals surface area (Å²) in [5.74, 6) is 0.624. The van der Waals surface area contributed by atoms with Crippen molar-refractivity contribution in [1.29, 1.82) is 0 Å². The van der Waals surface area contributed by atoms with Gasteiger partial charge in [-0.05, 0) is 50.2 Å². The lowest BCUT2D eigenvalue weighted by atomic mass is 9.48. The van der Waals surface area contributed by atoms with Crippen LogP contribution in [-0.4, -0.2) is 63.8 Å². The molecule has 2 saturated carbocycles. The maximum Gasteiger partial charge on any atom is 0.233 e. The molecule has 3 N–H and O–H groups in total. The number of phenols is 1. The number of aliphatic hydroxyl groups is 1. The van der Waals surface area contributed by atoms with Crippen LogP contribution in [0.5, 0.6) is 11.5 Å². The minimum Gasteiger partial charge on any atom is -0.504 e. The Hall–Kier alpha value is -2.38. The fraction of sp³-hybridized carbons (Fsp3) is 0.643. The highest BCUT2D eigenvalue weighted by atomic mass is 16.5. The van der Waals surface area contributed by atoms with Crippen LogP contribution >= 0.6 is 0 Å². The Kier molecular flexibility index (Phi) is 3.97. The predicted molar refractivity (Wildman–Crippen MR) is 125 cm³/mol. The van der Waals surface area contributed by atoms with Gasteiger partial charge >= 0.3 is 0 Å². The summed E-state index contributed by atoms with van der Waals surface area (Å²) in [5.41, 5.74) is 0.445. The number of fused-ring (bicyclic) bond motifs is 1. The number of piperidine rings is 1. The van der Waals surface area contributed by atoms with Gasteiger partial charge in [-0.2, -0.15) is 0 Å². The van der Waals surface area contributed by atoms with Crippen molar-refractivity contribution in [1.82, 2.24) is 4.90 Å². The third-order valence-electron chi connectivity index (χ3n) is 10.8. The Labute approximate surface area is 204 Å². The molecule has 2 saturated heterocycles. The molecule has 7 heteroatoms. The van der Waals surface area contributed by atoms with Crippen LogP contribution in [0.1, 0.15) is 56.1 Å². The van der Waals surface area contributed by atoms with Crippen molar-refractivity contribution in [3.8, 4) is 11.5 Å². The van der Waals surface area contributed by atoms with Crippen molar-refractivity contribution >= 4 is 11.8 Å². The fourth-order valence-corrected chi connectivity index (χ4v) is 9.10. The van der Waals surface area contributed by atoms with Crippen molar-refractivity contribution in [2.75, 3.05) is 13.1 Å². The zero-order valence-corrected chi connectivity index (χ0v) is 19.9. The fourth-order valence-electron chi connectivity index (χ4n) is 9.10. The lowest BCUT2D eigenvalue weighted by molar-refractivity contribution is -0.944. The van der Waals surface area contributed by atoms with Gasteiger partial charge in [0.05, 0.1) is 36.4 Å². The van der Waals surface area contributed by atoms with Crippen molar-refractivity contribution in [3.05, 3.63) is 35.4 Å². The predicted octanol–water partition coefficient (Wildman–Crippen LogP) is 0.859. The van der Waals surface area contributed by atoms with Gasteiger partial charge in [0.15, 0.2) is 11.5 Å². The normalized spacial score (nSPS) is 44.8. The Bertz CT molecular complexity index is 1170. The molecule has 1 spiro atoms. The molecule has 8 unspecified atom stereocenters. The van der Waals surface area contributed by atoms with Gasteiger partial charge in [0.2, 0.25) is 11.8 Å². The lowest BCUT2D eigenvalue weighted by Crippen LogP contribution is -3.21. The Morgan fingerprint density at radius 1 is 1.06 bits per heavy atom. The van der Waals surface area contributed by atoms with Crippen molar-refractivity contribution in [2.45, 2.75) is 80.6 Å². The van der Waals surface area contributed by atoms with Crippen molar-refractivity contribution in [2.24, 2.45) is 17.8 Å². The van der Waals surface area contributed by atoms with E-state index >= 15 is 0 Å². The number of phenolic OH excluding ortho intramolecular Hbond substituents is 1. The summed E-state index contributed by atoms with van der Waals surface area (Å²) < 4.78 is 6.60. The summed E-state index contributed by atoms with van der Waals surface area (Å²) >= 11 is 0. The van der Waals surface area contributed by atoms with Gasteiger partial charge in [0.25, 0.3) is 0 Å². The summed E-state index contributed by atoms with van der Waals surface area (Å²) in [6.45, 7) is 2.05. The molecular weight excluding hydrogens is 444 g/mol. The number of aromatic hydroxyl groups is 1. The third kappa shape index (κ3) is 2.40. The van der Waals surface area contributed by atoms with Gasteiger partial charge < -0.3 is 19.8 Å². The molecule has 2 amide bonds. The molecule has 8 atom stereocenters. The Balaban J connectivity index is 1.25. The molecule has 7 nitrogen and oxygen atoms in total. The summed E-state index contributed by atoms with van der Waals surface area (Å²) in [7, 11) is 0. The number of carbonyl (C=O) groups excluding carboxylic acids is 2. The van der Waals surface area contributed by atoms with Crippen LogP contribution in [0, 0.1) is 17.8 Å². The zero-order valence-electron chi connectivity index (χ0n) is 19.9. The van der Waals surface area contributed by atoms with Crippen LogP contribution < -0.4 is 9.64 Å². The minimum atomic E-state index is -0.969. The lowest BCUT2D eigenvalue weighted by Gasteiger charge is -2.62. The number of likely N-dealkylation sites (tertiary alicyclic amines) is 2. The first-order chi connectivity index (χ1) is 16.9. The molecule has 3 aliphatic heterocycles. The number of rotatable bonds is 3. The molecule has 7 aliphatic rings. The summed E-state index contributed by atoms with van der Waals surface area (Å²) in [6.07, 6.45) is 9.96. The quantitative estimate of drug-likeness (QED) is 0.444. The molecule has 0 radical (unpaired) electrons. The number of hydrogen-bond acceptors (Lipinski definition) is 5. The topological polar surface area (TPSA) is 91.5 Å². The SMILES string of the molecule is O=C1C2CC=CCC2C(=O)N1C1CCC2(O)C3Cc4ccc(O)c5c4C2(CC[NH+]3CC2CC2)C1O5. The summed E-state index contributed by atoms with van der Waals surface area (Å²) in [5, 5.41) is 23.5. The zero-order chi connectivity index (χ0) is 23.7. The van der Waals surface area contributed by atoms with E-state index in [1.54, 1.807) is 6.07 Å². The second-order valence-electron chi connectivity index (χ2n) is 12.3. The molecule has 1 aromatic rings. The van der Waals surface area contributed by atoms with E-state index in [0.29, 0.717) is 31.4 Å². The van der Waals surface area contributed by atoms with E-state index in [2.05, 4.69) is 0 Å². The van der Waals surface area contributed by atoms with Gasteiger partial charge in [0.1, 0.15) is 17.7 Å². The molecule has 2 bridgehead atoms. The molecule has 4 aliphatic carbocycles. The van der Waals surface area contributed by atoms with Gasteiger partial charge in [-0.1, -0.05) is 18.2 Å². The van der Waals surface area contributed by atoms with Crippen LogP contribution in [0.25, 0.3) is 0 Å². The second-order valence-corrected chi connectivity index (χ2v) is 12.3. The van der Waals surface area contributed by atoms with E-state index in [1.807, 2.05) is 18.2 Å². The molecular formula is C28H33N2O5+. The minimum absolute atomic E-state index is 0.0728. The smallest absolute Gasteiger partial charge is 0.233 e. The monoisotopic (exact) mass is 477 g/mol. The van der Waals surface area contributed by atoms with Crippen LogP contribution in [0.4, 0.5) is 0 Å². The number of hydrogen-bond donors (Lipinski definition) is 3. The van der Waals surface area contributed by atoms with Crippen molar-refractivity contribution in [3.63, 3.8) is 0 Å². The molecule has 0 aromatic heterocycles. The summed E-state index contributed by atoms with van der Waals surface area (Å²) in [6, 6.07) is 3.38.